The number of allylic oxidation sites excluding steroid dienone is 1. The molecule has 0 spiro atoms. The van der Waals surface area contributed by atoms with Crippen molar-refractivity contribution >= 4 is 5.57 Å². The lowest BCUT2D eigenvalue weighted by molar-refractivity contribution is -0.0686. The highest BCUT2D eigenvalue weighted by Gasteiger charge is 2.32. The van der Waals surface area contributed by atoms with Crippen molar-refractivity contribution in [1.82, 2.24) is 0 Å². The summed E-state index contributed by atoms with van der Waals surface area (Å²) >= 11 is 0. The van der Waals surface area contributed by atoms with E-state index in [9.17, 15) is 13.2 Å². The van der Waals surface area contributed by atoms with E-state index in [0.717, 1.165) is 17.0 Å². The fourth-order valence-electron chi connectivity index (χ4n) is 4.44. The van der Waals surface area contributed by atoms with Crippen LogP contribution in [0.15, 0.2) is 55.1 Å². The Hall–Kier alpha value is -2.03. The monoisotopic (exact) mass is 400 g/mol. The Bertz CT molecular complexity index is 776. The SMILES string of the molecule is C=C(c1ccc(-c2ccc(C3CCC(CCCCC)CC3)cc2)cc1)C(F)(F)F. The molecule has 0 aliphatic heterocycles. The molecule has 0 heterocycles. The molecule has 1 aliphatic rings. The maximum atomic E-state index is 12.8. The molecule has 2 aromatic carbocycles. The Morgan fingerprint density at radius 2 is 1.41 bits per heavy atom. The van der Waals surface area contributed by atoms with Crippen LogP contribution in [0.3, 0.4) is 0 Å². The van der Waals surface area contributed by atoms with E-state index in [1.54, 1.807) is 12.1 Å². The summed E-state index contributed by atoms with van der Waals surface area (Å²) in [6.45, 7) is 5.42. The van der Waals surface area contributed by atoms with Crippen LogP contribution in [0.2, 0.25) is 0 Å². The fourth-order valence-corrected chi connectivity index (χ4v) is 4.44. The van der Waals surface area contributed by atoms with Crippen molar-refractivity contribution in [3.8, 4) is 11.1 Å². The molecule has 0 nitrogen and oxygen atoms in total. The molecule has 0 aromatic heterocycles. The molecule has 0 unspecified atom stereocenters. The standard InChI is InChI=1S/C26H31F3/c1-3-4-5-6-20-7-9-22(10-8-20)24-15-17-25(18-16-24)23-13-11-21(12-14-23)19(2)26(27,28)29/h11-18,20,22H,2-10H2,1H3. The molecular weight excluding hydrogens is 369 g/mol. The normalized spacial score (nSPS) is 19.9. The second kappa shape index (κ2) is 9.65. The van der Waals surface area contributed by atoms with Gasteiger partial charge in [0.05, 0.1) is 5.57 Å². The molecule has 2 aromatic rings. The number of unbranched alkanes of at least 4 members (excludes halogenated alkanes) is 2. The zero-order chi connectivity index (χ0) is 20.9. The number of alkyl halides is 3. The second-order valence-electron chi connectivity index (χ2n) is 8.39. The van der Waals surface area contributed by atoms with Crippen molar-refractivity contribution in [2.75, 3.05) is 0 Å². The van der Waals surface area contributed by atoms with Gasteiger partial charge in [0.15, 0.2) is 0 Å². The Kier molecular flexibility index (Phi) is 7.21. The molecule has 3 rings (SSSR count). The van der Waals surface area contributed by atoms with Gasteiger partial charge in [-0.2, -0.15) is 13.2 Å². The van der Waals surface area contributed by atoms with Crippen molar-refractivity contribution in [1.29, 1.82) is 0 Å². The van der Waals surface area contributed by atoms with Crippen molar-refractivity contribution in [3.05, 3.63) is 66.2 Å². The van der Waals surface area contributed by atoms with Crippen LogP contribution in [-0.2, 0) is 0 Å². The molecule has 29 heavy (non-hydrogen) atoms. The lowest BCUT2D eigenvalue weighted by atomic mass is 9.77. The number of rotatable bonds is 7. The summed E-state index contributed by atoms with van der Waals surface area (Å²) in [5.74, 6) is 1.55. The molecule has 1 aliphatic carbocycles. The summed E-state index contributed by atoms with van der Waals surface area (Å²) < 4.78 is 38.3. The summed E-state index contributed by atoms with van der Waals surface area (Å²) in [5.41, 5.74) is 2.67. The van der Waals surface area contributed by atoms with Gasteiger partial charge in [0.2, 0.25) is 0 Å². The second-order valence-corrected chi connectivity index (χ2v) is 8.39. The summed E-state index contributed by atoms with van der Waals surface area (Å²) in [4.78, 5) is 0. The van der Waals surface area contributed by atoms with Crippen molar-refractivity contribution < 1.29 is 13.2 Å². The molecule has 0 N–H and O–H groups in total. The van der Waals surface area contributed by atoms with Crippen LogP contribution < -0.4 is 0 Å². The van der Waals surface area contributed by atoms with Gasteiger partial charge in [-0.25, -0.2) is 0 Å². The van der Waals surface area contributed by atoms with Gasteiger partial charge in [-0.3, -0.25) is 0 Å². The van der Waals surface area contributed by atoms with Crippen LogP contribution in [0.25, 0.3) is 16.7 Å². The largest absolute Gasteiger partial charge is 0.416 e. The van der Waals surface area contributed by atoms with Crippen LogP contribution in [0, 0.1) is 5.92 Å². The zero-order valence-electron chi connectivity index (χ0n) is 17.3. The maximum absolute atomic E-state index is 12.8. The summed E-state index contributed by atoms with van der Waals surface area (Å²) in [7, 11) is 0. The fraction of sp³-hybridized carbons (Fsp3) is 0.462. The molecule has 0 saturated heterocycles. The van der Waals surface area contributed by atoms with Gasteiger partial charge in [0, 0.05) is 0 Å². The van der Waals surface area contributed by atoms with E-state index in [1.807, 2.05) is 0 Å². The Morgan fingerprint density at radius 1 is 0.862 bits per heavy atom. The molecule has 0 radical (unpaired) electrons. The predicted octanol–water partition coefficient (Wildman–Crippen LogP) is 8.78. The van der Waals surface area contributed by atoms with E-state index in [0.29, 0.717) is 5.92 Å². The van der Waals surface area contributed by atoms with Gasteiger partial charge in [-0.1, -0.05) is 87.7 Å². The number of hydrogen-bond donors (Lipinski definition) is 0. The highest BCUT2D eigenvalue weighted by atomic mass is 19.4. The zero-order valence-corrected chi connectivity index (χ0v) is 17.3. The van der Waals surface area contributed by atoms with Crippen LogP contribution in [0.1, 0.15) is 75.3 Å². The smallest absolute Gasteiger partial charge is 0.166 e. The molecule has 0 bridgehead atoms. The average Bonchev–Trinajstić information content (AvgIpc) is 2.73. The van der Waals surface area contributed by atoms with Gasteiger partial charge >= 0.3 is 6.18 Å². The van der Waals surface area contributed by atoms with Gasteiger partial charge in [0.1, 0.15) is 0 Å². The molecule has 3 heteroatoms. The van der Waals surface area contributed by atoms with E-state index in [4.69, 9.17) is 0 Å². The Balaban J connectivity index is 1.59. The van der Waals surface area contributed by atoms with Crippen LogP contribution in [0.5, 0.6) is 0 Å². The molecule has 1 fully saturated rings. The third kappa shape index (κ3) is 5.74. The van der Waals surface area contributed by atoms with E-state index in [-0.39, 0.29) is 5.56 Å². The highest BCUT2D eigenvalue weighted by Crippen LogP contribution is 2.38. The summed E-state index contributed by atoms with van der Waals surface area (Å²) in [5, 5.41) is 0. The predicted molar refractivity (Wildman–Crippen MR) is 116 cm³/mol. The van der Waals surface area contributed by atoms with Gasteiger partial charge in [-0.05, 0) is 59.8 Å². The van der Waals surface area contributed by atoms with Crippen molar-refractivity contribution in [2.24, 2.45) is 5.92 Å². The Morgan fingerprint density at radius 3 is 1.93 bits per heavy atom. The first-order valence-electron chi connectivity index (χ1n) is 10.9. The topological polar surface area (TPSA) is 0 Å². The van der Waals surface area contributed by atoms with Gasteiger partial charge < -0.3 is 0 Å². The third-order valence-corrected chi connectivity index (χ3v) is 6.35. The molecule has 0 amide bonds. The van der Waals surface area contributed by atoms with E-state index < -0.39 is 11.7 Å². The minimum Gasteiger partial charge on any atom is -0.166 e. The highest BCUT2D eigenvalue weighted by molar-refractivity contribution is 5.71. The van der Waals surface area contributed by atoms with E-state index in [2.05, 4.69) is 37.8 Å². The molecular formula is C26H31F3. The average molecular weight is 401 g/mol. The minimum atomic E-state index is -4.39. The third-order valence-electron chi connectivity index (χ3n) is 6.35. The van der Waals surface area contributed by atoms with Crippen molar-refractivity contribution in [3.63, 3.8) is 0 Å². The van der Waals surface area contributed by atoms with Gasteiger partial charge in [-0.15, -0.1) is 0 Å². The molecule has 0 atom stereocenters. The maximum Gasteiger partial charge on any atom is 0.416 e. The minimum absolute atomic E-state index is 0.119. The number of benzene rings is 2. The lowest BCUT2D eigenvalue weighted by Gasteiger charge is -2.29. The summed E-state index contributed by atoms with van der Waals surface area (Å²) in [6.07, 6.45) is 6.22. The summed E-state index contributed by atoms with van der Waals surface area (Å²) in [6, 6.07) is 15.1. The van der Waals surface area contributed by atoms with Crippen LogP contribution in [0.4, 0.5) is 13.2 Å². The van der Waals surface area contributed by atoms with E-state index in [1.165, 1.54) is 69.1 Å². The molecule has 1 saturated carbocycles. The van der Waals surface area contributed by atoms with Gasteiger partial charge in [0.25, 0.3) is 0 Å². The first-order chi connectivity index (χ1) is 13.9. The Labute approximate surface area is 172 Å². The van der Waals surface area contributed by atoms with E-state index >= 15 is 0 Å². The first-order valence-corrected chi connectivity index (χ1v) is 10.9. The van der Waals surface area contributed by atoms with Crippen LogP contribution in [-0.4, -0.2) is 6.18 Å². The van der Waals surface area contributed by atoms with Crippen molar-refractivity contribution in [2.45, 2.75) is 70.4 Å². The molecule has 156 valence electrons. The number of hydrogen-bond acceptors (Lipinski definition) is 0. The number of halogens is 3. The van der Waals surface area contributed by atoms with Crippen LogP contribution >= 0.6 is 0 Å². The first kappa shape index (κ1) is 21.7. The quantitative estimate of drug-likeness (QED) is 0.407. The lowest BCUT2D eigenvalue weighted by Crippen LogP contribution is -2.13.